The summed E-state index contributed by atoms with van der Waals surface area (Å²) in [5.74, 6) is 0.421. The van der Waals surface area contributed by atoms with Crippen LogP contribution in [-0.2, 0) is 0 Å². The van der Waals surface area contributed by atoms with Gasteiger partial charge < -0.3 is 20.7 Å². The molecule has 0 radical (unpaired) electrons. The van der Waals surface area contributed by atoms with E-state index in [0.717, 1.165) is 5.56 Å². The van der Waals surface area contributed by atoms with Crippen molar-refractivity contribution in [1.82, 2.24) is 0 Å². The van der Waals surface area contributed by atoms with E-state index in [0.29, 0.717) is 16.6 Å². The van der Waals surface area contributed by atoms with Crippen LogP contribution < -0.4 is 10.5 Å². The lowest BCUT2D eigenvalue weighted by molar-refractivity contribution is 0.276. The summed E-state index contributed by atoms with van der Waals surface area (Å²) >= 11 is 3.21. The fourth-order valence-electron chi connectivity index (χ4n) is 1.27. The predicted molar refractivity (Wildman–Crippen MR) is 68.2 cm³/mol. The topological polar surface area (TPSA) is 75.7 Å². The second-order valence-corrected chi connectivity index (χ2v) is 4.03. The Labute approximate surface area is 109 Å². The van der Waals surface area contributed by atoms with Crippen LogP contribution in [0.5, 0.6) is 11.5 Å². The van der Waals surface area contributed by atoms with Gasteiger partial charge in [-0.3, -0.25) is 0 Å². The number of aliphatic hydroxyl groups is 1. The quantitative estimate of drug-likeness (QED) is 0.794. The number of hydrogen-bond acceptors (Lipinski definition) is 4. The highest BCUT2D eigenvalue weighted by Crippen LogP contribution is 2.36. The van der Waals surface area contributed by atoms with Crippen LogP contribution in [0.25, 0.3) is 0 Å². The molecule has 4 N–H and O–H groups in total. The summed E-state index contributed by atoms with van der Waals surface area (Å²) in [6, 6.07) is 3.12. The maximum atomic E-state index is 9.57. The van der Waals surface area contributed by atoms with Crippen molar-refractivity contribution in [3.63, 3.8) is 0 Å². The highest BCUT2D eigenvalue weighted by molar-refractivity contribution is 9.10. The minimum Gasteiger partial charge on any atom is -0.503 e. The molecule has 92 valence electrons. The van der Waals surface area contributed by atoms with Crippen LogP contribution in [0.4, 0.5) is 0 Å². The van der Waals surface area contributed by atoms with Crippen LogP contribution in [-0.4, -0.2) is 23.9 Å². The van der Waals surface area contributed by atoms with Gasteiger partial charge in [-0.1, -0.05) is 0 Å². The van der Waals surface area contributed by atoms with Gasteiger partial charge in [-0.05, 0) is 40.0 Å². The number of phenolic OH excluding ortho intramolecular Hbond substituents is 1. The van der Waals surface area contributed by atoms with E-state index in [4.69, 9.17) is 15.6 Å². The molecule has 1 aromatic carbocycles. The van der Waals surface area contributed by atoms with Crippen LogP contribution in [0, 0.1) is 0 Å². The first-order valence-corrected chi connectivity index (χ1v) is 5.32. The van der Waals surface area contributed by atoms with Crippen LogP contribution in [0.3, 0.4) is 0 Å². The third kappa shape index (κ3) is 3.52. The first-order valence-electron chi connectivity index (χ1n) is 4.53. The molecule has 0 heterocycles. The molecule has 0 bridgehead atoms. The van der Waals surface area contributed by atoms with Gasteiger partial charge in [-0.2, -0.15) is 0 Å². The predicted octanol–water partition coefficient (Wildman–Crippen LogP) is 1.97. The molecule has 1 atom stereocenters. The second kappa shape index (κ2) is 6.96. The minimum atomic E-state index is -0.263. The van der Waals surface area contributed by atoms with Crippen molar-refractivity contribution in [1.29, 1.82) is 0 Å². The number of methoxy groups -OCH3 is 1. The number of aliphatic hydroxyl groups excluding tert-OH is 1. The molecule has 6 heteroatoms. The van der Waals surface area contributed by atoms with Gasteiger partial charge in [-0.25, -0.2) is 0 Å². The average Bonchev–Trinajstić information content (AvgIpc) is 2.22. The third-order valence-corrected chi connectivity index (χ3v) is 2.74. The summed E-state index contributed by atoms with van der Waals surface area (Å²) < 4.78 is 5.53. The lowest BCUT2D eigenvalue weighted by Gasteiger charge is -2.13. The van der Waals surface area contributed by atoms with Gasteiger partial charge in [-0.15, -0.1) is 12.4 Å². The fraction of sp³-hybridized carbons (Fsp3) is 0.400. The number of benzene rings is 1. The molecule has 0 saturated heterocycles. The molecule has 0 aromatic heterocycles. The smallest absolute Gasteiger partial charge is 0.172 e. The first-order chi connectivity index (χ1) is 7.10. The Balaban J connectivity index is 0.00000225. The summed E-state index contributed by atoms with van der Waals surface area (Å²) in [6.45, 7) is 0.0297. The lowest BCUT2D eigenvalue weighted by atomic mass is 10.0. The van der Waals surface area contributed by atoms with E-state index in [1.807, 2.05) is 0 Å². The summed E-state index contributed by atoms with van der Waals surface area (Å²) in [6.07, 6.45) is 0.473. The molecule has 0 aliphatic carbocycles. The van der Waals surface area contributed by atoms with E-state index in [2.05, 4.69) is 15.9 Å². The maximum absolute atomic E-state index is 9.57. The Morgan fingerprint density at radius 1 is 1.50 bits per heavy atom. The molecule has 1 unspecified atom stereocenters. The average molecular weight is 313 g/mol. The van der Waals surface area contributed by atoms with Crippen molar-refractivity contribution < 1.29 is 14.9 Å². The molecule has 0 aliphatic heterocycles. The summed E-state index contributed by atoms with van der Waals surface area (Å²) in [5.41, 5.74) is 6.64. The number of hydrogen-bond donors (Lipinski definition) is 3. The summed E-state index contributed by atoms with van der Waals surface area (Å²) in [5, 5.41) is 18.3. The van der Waals surface area contributed by atoms with E-state index < -0.39 is 0 Å². The van der Waals surface area contributed by atoms with Crippen LogP contribution >= 0.6 is 28.3 Å². The Kier molecular flexibility index (Phi) is 6.74. The molecule has 0 aliphatic rings. The molecule has 1 rings (SSSR count). The first kappa shape index (κ1) is 15.5. The van der Waals surface area contributed by atoms with Gasteiger partial charge in [0, 0.05) is 12.6 Å². The lowest BCUT2D eigenvalue weighted by Crippen LogP contribution is -2.12. The second-order valence-electron chi connectivity index (χ2n) is 3.17. The summed E-state index contributed by atoms with van der Waals surface area (Å²) in [4.78, 5) is 0. The van der Waals surface area contributed by atoms with Crippen molar-refractivity contribution in [2.24, 2.45) is 5.73 Å². The normalized spacial score (nSPS) is 11.8. The number of halogens is 2. The SMILES string of the molecule is COc1cc(C(N)CCO)cc(Br)c1O.Cl. The zero-order valence-corrected chi connectivity index (χ0v) is 11.2. The van der Waals surface area contributed by atoms with Gasteiger partial charge in [0.15, 0.2) is 11.5 Å². The van der Waals surface area contributed by atoms with Crippen molar-refractivity contribution in [2.45, 2.75) is 12.5 Å². The zero-order valence-electron chi connectivity index (χ0n) is 8.81. The van der Waals surface area contributed by atoms with Gasteiger partial charge in [0.25, 0.3) is 0 Å². The fourth-order valence-corrected chi connectivity index (χ4v) is 1.73. The maximum Gasteiger partial charge on any atom is 0.172 e. The Morgan fingerprint density at radius 2 is 2.12 bits per heavy atom. The number of ether oxygens (including phenoxy) is 1. The largest absolute Gasteiger partial charge is 0.503 e. The molecule has 16 heavy (non-hydrogen) atoms. The summed E-state index contributed by atoms with van der Waals surface area (Å²) in [7, 11) is 1.48. The van der Waals surface area contributed by atoms with Gasteiger partial charge in [0.05, 0.1) is 11.6 Å². The third-order valence-electron chi connectivity index (χ3n) is 2.14. The number of phenols is 1. The van der Waals surface area contributed by atoms with E-state index in [-0.39, 0.29) is 30.8 Å². The monoisotopic (exact) mass is 311 g/mol. The Morgan fingerprint density at radius 3 is 2.62 bits per heavy atom. The van der Waals surface area contributed by atoms with Gasteiger partial charge >= 0.3 is 0 Å². The Hall–Kier alpha value is -0.490. The van der Waals surface area contributed by atoms with Gasteiger partial charge in [0.2, 0.25) is 0 Å². The standard InChI is InChI=1S/C10H14BrNO3.ClH/c1-15-9-5-6(8(12)2-3-13)4-7(11)10(9)14;/h4-5,8,13-14H,2-3,12H2,1H3;1H. The van der Waals surface area contributed by atoms with Crippen molar-refractivity contribution in [2.75, 3.05) is 13.7 Å². The molecule has 0 saturated carbocycles. The molecule has 0 spiro atoms. The number of aromatic hydroxyl groups is 1. The highest BCUT2D eigenvalue weighted by Gasteiger charge is 2.12. The van der Waals surface area contributed by atoms with Crippen LogP contribution in [0.2, 0.25) is 0 Å². The van der Waals surface area contributed by atoms with E-state index in [1.54, 1.807) is 12.1 Å². The molecule has 0 fully saturated rings. The van der Waals surface area contributed by atoms with E-state index in [9.17, 15) is 5.11 Å². The van der Waals surface area contributed by atoms with Crippen molar-refractivity contribution in [3.05, 3.63) is 22.2 Å². The van der Waals surface area contributed by atoms with Crippen molar-refractivity contribution in [3.8, 4) is 11.5 Å². The molecule has 0 amide bonds. The van der Waals surface area contributed by atoms with Crippen molar-refractivity contribution >= 4 is 28.3 Å². The Bertz CT molecular complexity index is 349. The van der Waals surface area contributed by atoms with Gasteiger partial charge in [0.1, 0.15) is 0 Å². The molecule has 4 nitrogen and oxygen atoms in total. The molecule has 1 aromatic rings. The zero-order chi connectivity index (χ0) is 11.4. The highest BCUT2D eigenvalue weighted by atomic mass is 79.9. The van der Waals surface area contributed by atoms with Crippen LogP contribution in [0.15, 0.2) is 16.6 Å². The van der Waals surface area contributed by atoms with E-state index >= 15 is 0 Å². The number of rotatable bonds is 4. The molecular formula is C10H15BrClNO3. The number of nitrogens with two attached hydrogens (primary N) is 1. The van der Waals surface area contributed by atoms with E-state index in [1.165, 1.54) is 7.11 Å². The molecular weight excluding hydrogens is 297 g/mol. The minimum absolute atomic E-state index is 0. The van der Waals surface area contributed by atoms with Crippen LogP contribution in [0.1, 0.15) is 18.0 Å².